The summed E-state index contributed by atoms with van der Waals surface area (Å²) < 4.78 is 17.4. The maximum Gasteiger partial charge on any atom is 0.362 e. The van der Waals surface area contributed by atoms with Crippen LogP contribution < -0.4 is 0 Å². The highest BCUT2D eigenvalue weighted by Gasteiger charge is 2.31. The molecule has 0 aromatic rings. The quantitative estimate of drug-likeness (QED) is 0.0281. The first-order chi connectivity index (χ1) is 34.1. The van der Waals surface area contributed by atoms with Crippen molar-refractivity contribution in [3.8, 4) is 0 Å². The molecule has 0 aliphatic carbocycles. The molecule has 0 aromatic carbocycles. The number of allylic oxidation sites excluding steroid dienone is 18. The third-order valence-corrected chi connectivity index (χ3v) is 11.9. The predicted octanol–water partition coefficient (Wildman–Crippen LogP) is 16.8. The van der Waals surface area contributed by atoms with Crippen molar-refractivity contribution < 1.29 is 38.2 Å². The zero-order chi connectivity index (χ0) is 51.3. The van der Waals surface area contributed by atoms with Crippen LogP contribution in [-0.4, -0.2) is 80.6 Å². The Kier molecular flexibility index (Phi) is 48.4. The number of carboxylic acid groups (broad SMARTS) is 1. The minimum Gasteiger partial charge on any atom is -0.477 e. The average Bonchev–Trinajstić information content (AvgIpc) is 3.33. The minimum atomic E-state index is -0.880. The molecule has 8 nitrogen and oxygen atoms in total. The number of rotatable bonds is 49. The van der Waals surface area contributed by atoms with Gasteiger partial charge in [0.05, 0.1) is 34.4 Å². The number of esters is 2. The van der Waals surface area contributed by atoms with Crippen LogP contribution in [0.2, 0.25) is 0 Å². The second-order valence-electron chi connectivity index (χ2n) is 19.4. The molecule has 0 amide bonds. The Balaban J connectivity index is 4.24. The van der Waals surface area contributed by atoms with Gasteiger partial charge in [-0.15, -0.1) is 0 Å². The summed E-state index contributed by atoms with van der Waals surface area (Å²) in [5.41, 5.74) is 0. The number of likely N-dealkylation sites (N-methyl/N-ethyl adjacent to an activating group) is 1. The van der Waals surface area contributed by atoms with Crippen molar-refractivity contribution in [3.63, 3.8) is 0 Å². The van der Waals surface area contributed by atoms with Crippen molar-refractivity contribution in [2.24, 2.45) is 0 Å². The van der Waals surface area contributed by atoms with E-state index in [0.717, 1.165) is 109 Å². The molecule has 70 heavy (non-hydrogen) atoms. The number of unbranched alkanes of at least 4 members (excludes halogenated alkanes) is 17. The van der Waals surface area contributed by atoms with Crippen LogP contribution in [0.4, 0.5) is 0 Å². The number of nitrogens with zero attached hydrogens (tertiary/aromatic N) is 1. The molecule has 2 unspecified atom stereocenters. The molecule has 0 aliphatic heterocycles. The van der Waals surface area contributed by atoms with Crippen molar-refractivity contribution in [2.75, 3.05) is 41.0 Å². The van der Waals surface area contributed by atoms with Gasteiger partial charge in [0, 0.05) is 19.3 Å². The van der Waals surface area contributed by atoms with Crippen molar-refractivity contribution in [1.29, 1.82) is 0 Å². The fourth-order valence-corrected chi connectivity index (χ4v) is 7.70. The van der Waals surface area contributed by atoms with Crippen LogP contribution >= 0.6 is 0 Å². The summed E-state index contributed by atoms with van der Waals surface area (Å²) in [5, 5.41) is 9.68. The van der Waals surface area contributed by atoms with Crippen LogP contribution in [0.1, 0.15) is 213 Å². The normalized spacial score (nSPS) is 13.7. The van der Waals surface area contributed by atoms with Crippen LogP contribution in [-0.2, 0) is 28.6 Å². The maximum absolute atomic E-state index is 12.8. The largest absolute Gasteiger partial charge is 0.477 e. The number of quaternary nitrogens is 1. The zero-order valence-electron chi connectivity index (χ0n) is 45.4. The number of carbonyl (C=O) groups excluding carboxylic acids is 2. The number of aliphatic carboxylic acids is 1. The molecular weight excluding hydrogens is 871 g/mol. The van der Waals surface area contributed by atoms with Crippen LogP contribution in [0, 0.1) is 0 Å². The lowest BCUT2D eigenvalue weighted by atomic mass is 10.1. The Morgan fingerprint density at radius 3 is 1.11 bits per heavy atom. The number of carbonyl (C=O) groups is 3. The molecule has 0 heterocycles. The first-order valence-electron chi connectivity index (χ1n) is 27.9. The molecule has 0 aromatic heterocycles. The van der Waals surface area contributed by atoms with Crippen LogP contribution in [0.3, 0.4) is 0 Å². The third-order valence-electron chi connectivity index (χ3n) is 11.9. The van der Waals surface area contributed by atoms with E-state index in [4.69, 9.17) is 14.2 Å². The Labute approximate surface area is 429 Å². The summed E-state index contributed by atoms with van der Waals surface area (Å²) in [6.07, 6.45) is 71.4. The molecule has 0 bridgehead atoms. The highest BCUT2D eigenvalue weighted by atomic mass is 16.6. The van der Waals surface area contributed by atoms with Gasteiger partial charge in [-0.3, -0.25) is 9.59 Å². The van der Waals surface area contributed by atoms with Gasteiger partial charge in [-0.1, -0.05) is 207 Å². The summed E-state index contributed by atoms with van der Waals surface area (Å²) in [5.74, 6) is -1.49. The van der Waals surface area contributed by atoms with Crippen LogP contribution in [0.15, 0.2) is 109 Å². The molecule has 0 radical (unpaired) electrons. The summed E-state index contributed by atoms with van der Waals surface area (Å²) in [6, 6.07) is -0.625. The van der Waals surface area contributed by atoms with E-state index >= 15 is 0 Å². The molecule has 0 saturated carbocycles. The SMILES string of the molecule is CC/C=C/C/C=C/C/C=C/C/C=C/C/C=C/CCCCCCCCCC(=O)OC(COCCC(C(=O)O)[N+](C)(C)C)COC(=O)CCCCCCCCCCCC/C=C/C/C=C/C/C=C/C/C=C/CC. The highest BCUT2D eigenvalue weighted by Crippen LogP contribution is 2.15. The van der Waals surface area contributed by atoms with Gasteiger partial charge in [-0.2, -0.15) is 0 Å². The van der Waals surface area contributed by atoms with Gasteiger partial charge in [-0.05, 0) is 96.3 Å². The Morgan fingerprint density at radius 2 is 0.757 bits per heavy atom. The smallest absolute Gasteiger partial charge is 0.362 e. The van der Waals surface area contributed by atoms with E-state index in [1.54, 1.807) is 0 Å². The second kappa shape index (κ2) is 51.3. The molecule has 0 saturated heterocycles. The Morgan fingerprint density at radius 1 is 0.429 bits per heavy atom. The highest BCUT2D eigenvalue weighted by molar-refractivity contribution is 5.72. The maximum atomic E-state index is 12.8. The molecule has 8 heteroatoms. The molecule has 1 N–H and O–H groups in total. The topological polar surface area (TPSA) is 99.1 Å². The van der Waals surface area contributed by atoms with Gasteiger partial charge < -0.3 is 23.8 Å². The molecule has 398 valence electrons. The van der Waals surface area contributed by atoms with Crippen molar-refractivity contribution >= 4 is 17.9 Å². The van der Waals surface area contributed by atoms with Gasteiger partial charge in [-0.25, -0.2) is 4.79 Å². The van der Waals surface area contributed by atoms with Gasteiger partial charge in [0.2, 0.25) is 0 Å². The van der Waals surface area contributed by atoms with Crippen molar-refractivity contribution in [2.45, 2.75) is 225 Å². The van der Waals surface area contributed by atoms with Gasteiger partial charge in [0.1, 0.15) is 6.61 Å². The first-order valence-corrected chi connectivity index (χ1v) is 27.9. The number of ether oxygens (including phenoxy) is 3. The minimum absolute atomic E-state index is 0.0490. The number of hydrogen-bond acceptors (Lipinski definition) is 6. The molecule has 0 rings (SSSR count). The monoisotopic (exact) mass is 975 g/mol. The van der Waals surface area contributed by atoms with Gasteiger partial charge >= 0.3 is 17.9 Å². The molecule has 2 atom stereocenters. The second-order valence-corrected chi connectivity index (χ2v) is 19.4. The fraction of sp³-hybridized carbons (Fsp3) is 0.661. The van der Waals surface area contributed by atoms with Crippen LogP contribution in [0.25, 0.3) is 0 Å². The standard InChI is InChI=1S/C62H103NO7/c1-6-8-10-12-14-16-18-20-22-24-26-28-30-32-34-36-38-40-42-44-46-48-50-52-60(64)69-57-58(56-68-55-54-59(62(66)67)63(3,4)5)70-61(65)53-51-49-47-45-43-41-39-37-35-33-31-29-27-25-23-21-19-17-15-13-11-9-7-2/h8-11,14-17,20-23,26-29,33,35,58-59H,6-7,12-13,18-19,24-25,30-32,34,36-57H2,1-5H3/p+1/b10-8+,11-9+,16-14+,17-15+,22-20+,23-21+,28-26+,29-27+,35-33+. The molecule has 0 spiro atoms. The van der Waals surface area contributed by atoms with Gasteiger partial charge in [0.25, 0.3) is 0 Å². The van der Waals surface area contributed by atoms with E-state index in [0.29, 0.717) is 19.3 Å². The lowest BCUT2D eigenvalue weighted by Crippen LogP contribution is -2.50. The van der Waals surface area contributed by atoms with E-state index in [1.807, 2.05) is 21.1 Å². The third kappa shape index (κ3) is 49.0. The van der Waals surface area contributed by atoms with Gasteiger partial charge in [0.15, 0.2) is 12.1 Å². The van der Waals surface area contributed by atoms with E-state index in [-0.39, 0.29) is 36.2 Å². The van der Waals surface area contributed by atoms with Crippen molar-refractivity contribution in [3.05, 3.63) is 109 Å². The Hall–Kier alpha value is -4.01. The van der Waals surface area contributed by atoms with E-state index < -0.39 is 18.1 Å². The summed E-state index contributed by atoms with van der Waals surface area (Å²) in [6.45, 7) is 4.50. The fourth-order valence-electron chi connectivity index (χ4n) is 7.70. The Bertz CT molecular complexity index is 1510. The summed E-state index contributed by atoms with van der Waals surface area (Å²) >= 11 is 0. The van der Waals surface area contributed by atoms with Crippen LogP contribution in [0.5, 0.6) is 0 Å². The number of hydrogen-bond donors (Lipinski definition) is 1. The molecule has 0 fully saturated rings. The van der Waals surface area contributed by atoms with E-state index in [1.165, 1.54) is 70.6 Å². The zero-order valence-corrected chi connectivity index (χ0v) is 45.4. The van der Waals surface area contributed by atoms with E-state index in [2.05, 4.69) is 123 Å². The lowest BCUT2D eigenvalue weighted by Gasteiger charge is -2.31. The molecule has 0 aliphatic rings. The summed E-state index contributed by atoms with van der Waals surface area (Å²) in [7, 11) is 5.53. The number of carboxylic acids is 1. The summed E-state index contributed by atoms with van der Waals surface area (Å²) in [4.78, 5) is 37.3. The van der Waals surface area contributed by atoms with Crippen molar-refractivity contribution in [1.82, 2.24) is 0 Å². The average molecular weight is 976 g/mol. The predicted molar refractivity (Wildman–Crippen MR) is 298 cm³/mol. The lowest BCUT2D eigenvalue weighted by molar-refractivity contribution is -0.887. The molecular formula is C62H104NO7+. The first kappa shape index (κ1) is 66.0. The van der Waals surface area contributed by atoms with E-state index in [9.17, 15) is 19.5 Å².